The number of aromatic nitrogens is 4. The van der Waals surface area contributed by atoms with Crippen LogP contribution in [-0.4, -0.2) is 64.9 Å². The second-order valence-corrected chi connectivity index (χ2v) is 9.31. The van der Waals surface area contributed by atoms with Crippen LogP contribution in [0.5, 0.6) is 5.75 Å². The van der Waals surface area contributed by atoms with E-state index in [0.717, 1.165) is 22.8 Å². The van der Waals surface area contributed by atoms with Gasteiger partial charge in [-0.25, -0.2) is 15.0 Å². The van der Waals surface area contributed by atoms with E-state index in [2.05, 4.69) is 15.0 Å². The molecule has 2 aromatic carbocycles. The molecule has 3 heterocycles. The van der Waals surface area contributed by atoms with E-state index in [-0.39, 0.29) is 11.6 Å². The predicted molar refractivity (Wildman–Crippen MR) is 150 cm³/mol. The molecule has 0 aliphatic carbocycles. The van der Waals surface area contributed by atoms with Crippen molar-refractivity contribution in [3.8, 4) is 17.0 Å². The van der Waals surface area contributed by atoms with E-state index in [1.165, 1.54) is 0 Å². The topological polar surface area (TPSA) is 230 Å². The third kappa shape index (κ3) is 10.6. The molecule has 4 aromatic rings. The first-order valence-electron chi connectivity index (χ1n) is 11.9. The highest BCUT2D eigenvalue weighted by atomic mass is 35.5. The Morgan fingerprint density at radius 2 is 1.77 bits per heavy atom. The van der Waals surface area contributed by atoms with E-state index in [0.29, 0.717) is 35.4 Å². The number of rotatable bonds is 7. The first kappa shape index (κ1) is 34.6. The van der Waals surface area contributed by atoms with Gasteiger partial charge in [0.05, 0.1) is 30.2 Å². The fourth-order valence-corrected chi connectivity index (χ4v) is 4.46. The van der Waals surface area contributed by atoms with Gasteiger partial charge in [0, 0.05) is 34.7 Å². The molecule has 2 aromatic heterocycles. The summed E-state index contributed by atoms with van der Waals surface area (Å²) >= 11 is 12.6. The molecule has 1 aliphatic rings. The number of imidazole rings is 1. The smallest absolute Gasteiger partial charge is 0.291 e. The van der Waals surface area contributed by atoms with Gasteiger partial charge in [-0.2, -0.15) is 0 Å². The minimum atomic E-state index is -1.50. The van der Waals surface area contributed by atoms with E-state index in [1.807, 2.05) is 54.1 Å². The Morgan fingerprint density at radius 3 is 2.35 bits per heavy atom. The van der Waals surface area contributed by atoms with Gasteiger partial charge < -0.3 is 34.7 Å². The Kier molecular flexibility index (Phi) is 13.0. The standard InChI is InChI=1S/C25H22Cl2N4O3.2HNO3.H2O/c1-17-29-9-8-24(30-17)18-2-5-20(6-3-18)32-13-21-14-33-25(34-21,15-31-11-10-28-16-31)22-7-4-19(26)12-23(22)27;2*2-1(3)4;/h2-12,16,21H,13-15H2,1H3;2*(H,2,3,4);1H2. The maximum absolute atomic E-state index is 8.36. The lowest BCUT2D eigenvalue weighted by molar-refractivity contribution is -0.742. The van der Waals surface area contributed by atoms with Crippen molar-refractivity contribution in [1.29, 1.82) is 0 Å². The van der Waals surface area contributed by atoms with Crippen LogP contribution in [0.2, 0.25) is 10.0 Å². The fraction of sp³-hybridized carbons (Fsp3) is 0.240. The van der Waals surface area contributed by atoms with Crippen molar-refractivity contribution in [2.24, 2.45) is 0 Å². The number of ether oxygens (including phenoxy) is 3. The summed E-state index contributed by atoms with van der Waals surface area (Å²) in [5.41, 5.74) is 2.57. The fourth-order valence-electron chi connectivity index (χ4n) is 3.90. The van der Waals surface area contributed by atoms with Crippen LogP contribution in [0, 0.1) is 27.2 Å². The molecular weight excluding hydrogens is 615 g/mol. The highest BCUT2D eigenvalue weighted by Crippen LogP contribution is 2.40. The van der Waals surface area contributed by atoms with Gasteiger partial charge in [-0.05, 0) is 49.4 Å². The zero-order chi connectivity index (χ0) is 30.7. The van der Waals surface area contributed by atoms with Crippen LogP contribution in [0.15, 0.2) is 73.4 Å². The Bertz CT molecular complexity index is 1460. The van der Waals surface area contributed by atoms with Gasteiger partial charge in [0.15, 0.2) is 0 Å². The lowest BCUT2D eigenvalue weighted by atomic mass is 10.1. The monoisotopic (exact) mass is 640 g/mol. The number of nitrogens with zero attached hydrogens (tertiary/aromatic N) is 6. The molecule has 1 fully saturated rings. The second-order valence-electron chi connectivity index (χ2n) is 8.46. The van der Waals surface area contributed by atoms with Crippen molar-refractivity contribution in [3.05, 3.63) is 115 Å². The van der Waals surface area contributed by atoms with E-state index < -0.39 is 16.0 Å². The molecule has 0 amide bonds. The van der Waals surface area contributed by atoms with E-state index >= 15 is 0 Å². The number of halogens is 2. The zero-order valence-corrected chi connectivity index (χ0v) is 23.8. The highest BCUT2D eigenvalue weighted by Gasteiger charge is 2.45. The summed E-state index contributed by atoms with van der Waals surface area (Å²) in [6, 6.07) is 14.9. The minimum Gasteiger partial charge on any atom is -0.491 e. The Hall–Kier alpha value is -4.61. The lowest BCUT2D eigenvalue weighted by Gasteiger charge is -2.30. The number of hydrogen-bond acceptors (Lipinski definition) is 10. The highest BCUT2D eigenvalue weighted by molar-refractivity contribution is 6.35. The summed E-state index contributed by atoms with van der Waals surface area (Å²) in [5, 5.41) is 28.3. The van der Waals surface area contributed by atoms with Crippen LogP contribution in [0.1, 0.15) is 11.4 Å². The van der Waals surface area contributed by atoms with Gasteiger partial charge in [0.2, 0.25) is 5.79 Å². The van der Waals surface area contributed by atoms with Crippen LogP contribution < -0.4 is 4.74 Å². The van der Waals surface area contributed by atoms with E-state index in [1.54, 1.807) is 30.9 Å². The van der Waals surface area contributed by atoms with Crippen molar-refractivity contribution >= 4 is 23.2 Å². The van der Waals surface area contributed by atoms with Crippen LogP contribution in [-0.2, 0) is 21.8 Å². The van der Waals surface area contributed by atoms with Crippen LogP contribution in [0.4, 0.5) is 0 Å². The molecule has 0 saturated carbocycles. The van der Waals surface area contributed by atoms with Gasteiger partial charge >= 0.3 is 0 Å². The van der Waals surface area contributed by atoms with Crippen molar-refractivity contribution in [3.63, 3.8) is 0 Å². The molecule has 4 N–H and O–H groups in total. The Morgan fingerprint density at radius 1 is 1.09 bits per heavy atom. The zero-order valence-electron chi connectivity index (χ0n) is 22.3. The number of benzene rings is 2. The maximum atomic E-state index is 8.36. The number of aryl methyl sites for hydroxylation is 1. The molecule has 2 atom stereocenters. The minimum absolute atomic E-state index is 0. The van der Waals surface area contributed by atoms with Gasteiger partial charge in [-0.15, -0.1) is 20.2 Å². The quantitative estimate of drug-likeness (QED) is 0.217. The van der Waals surface area contributed by atoms with Crippen LogP contribution >= 0.6 is 23.2 Å². The summed E-state index contributed by atoms with van der Waals surface area (Å²) in [6.07, 6.45) is 6.73. The summed E-state index contributed by atoms with van der Waals surface area (Å²) in [5.74, 6) is 0.386. The molecule has 0 bridgehead atoms. The predicted octanol–water partition coefficient (Wildman–Crippen LogP) is 3.78. The van der Waals surface area contributed by atoms with Crippen molar-refractivity contribution in [2.45, 2.75) is 25.4 Å². The third-order valence-corrected chi connectivity index (χ3v) is 6.06. The van der Waals surface area contributed by atoms with Gasteiger partial charge in [-0.3, -0.25) is 0 Å². The van der Waals surface area contributed by atoms with Gasteiger partial charge in [0.1, 0.15) is 24.3 Å². The first-order valence-corrected chi connectivity index (χ1v) is 12.7. The molecule has 0 spiro atoms. The summed E-state index contributed by atoms with van der Waals surface area (Å²) in [4.78, 5) is 29.4. The maximum Gasteiger partial charge on any atom is 0.291 e. The third-order valence-electron chi connectivity index (χ3n) is 5.51. The summed E-state index contributed by atoms with van der Waals surface area (Å²) in [6.45, 7) is 2.93. The molecule has 5 rings (SSSR count). The first-order chi connectivity index (χ1) is 20.0. The molecule has 16 nitrogen and oxygen atoms in total. The van der Waals surface area contributed by atoms with Crippen molar-refractivity contribution < 1.29 is 40.3 Å². The SMILES string of the molecule is Cc1nccc(-c2ccc(OCC3COC(Cn4ccnc4)(c4ccc(Cl)cc4Cl)O3)cc2)n1.O.O=[N+]([O-])O.O=[N+]([O-])O. The van der Waals surface area contributed by atoms with Gasteiger partial charge in [-0.1, -0.05) is 29.3 Å². The van der Waals surface area contributed by atoms with E-state index in [4.69, 9.17) is 68.1 Å². The van der Waals surface area contributed by atoms with Crippen molar-refractivity contribution in [2.75, 3.05) is 13.2 Å². The molecule has 2 unspecified atom stereocenters. The lowest BCUT2D eigenvalue weighted by Crippen LogP contribution is -2.34. The van der Waals surface area contributed by atoms with Crippen LogP contribution in [0.3, 0.4) is 0 Å². The van der Waals surface area contributed by atoms with Crippen LogP contribution in [0.25, 0.3) is 11.3 Å². The average Bonchev–Trinajstić information content (AvgIpc) is 3.58. The molecule has 1 saturated heterocycles. The summed E-state index contributed by atoms with van der Waals surface area (Å²) < 4.78 is 20.5. The molecule has 18 heteroatoms. The van der Waals surface area contributed by atoms with E-state index in [9.17, 15) is 0 Å². The second kappa shape index (κ2) is 16.1. The average molecular weight is 641 g/mol. The molecule has 1 aliphatic heterocycles. The Labute approximate surface area is 253 Å². The number of hydrogen-bond donors (Lipinski definition) is 2. The normalized spacial score (nSPS) is 16.9. The molecular formula is C25H26Cl2N6O10. The Balaban J connectivity index is 0.000000642. The largest absolute Gasteiger partial charge is 0.491 e. The summed E-state index contributed by atoms with van der Waals surface area (Å²) in [7, 11) is 0. The molecule has 43 heavy (non-hydrogen) atoms. The van der Waals surface area contributed by atoms with Gasteiger partial charge in [0.25, 0.3) is 10.2 Å². The molecule has 230 valence electrons. The van der Waals surface area contributed by atoms with Crippen molar-refractivity contribution in [1.82, 2.24) is 19.5 Å². The molecule has 0 radical (unpaired) electrons.